The van der Waals surface area contributed by atoms with Gasteiger partial charge in [-0.05, 0) is 19.1 Å². The van der Waals surface area contributed by atoms with Crippen molar-refractivity contribution in [1.29, 1.82) is 0 Å². The Bertz CT molecular complexity index is 485. The second-order valence-corrected chi connectivity index (χ2v) is 5.14. The summed E-state index contributed by atoms with van der Waals surface area (Å²) in [7, 11) is 0. The van der Waals surface area contributed by atoms with E-state index in [-0.39, 0.29) is 17.6 Å². The van der Waals surface area contributed by atoms with E-state index in [1.54, 1.807) is 16.7 Å². The molecule has 20 heavy (non-hydrogen) atoms. The second kappa shape index (κ2) is 6.17. The van der Waals surface area contributed by atoms with Gasteiger partial charge in [0.25, 0.3) is 0 Å². The molecule has 1 heterocycles. The number of hydrogen-bond donors (Lipinski definition) is 1. The summed E-state index contributed by atoms with van der Waals surface area (Å²) in [6, 6.07) is 3.25. The number of carbonyl (C=O) groups is 1. The zero-order chi connectivity index (χ0) is 14.7. The van der Waals surface area contributed by atoms with Gasteiger partial charge in [-0.2, -0.15) is 0 Å². The molecule has 1 fully saturated rings. The average molecular weight is 283 g/mol. The van der Waals surface area contributed by atoms with Crippen LogP contribution in [0.25, 0.3) is 0 Å². The van der Waals surface area contributed by atoms with E-state index in [9.17, 15) is 13.6 Å². The van der Waals surface area contributed by atoms with Crippen LogP contribution in [0.15, 0.2) is 18.2 Å². The molecular weight excluding hydrogens is 264 g/mol. The Morgan fingerprint density at radius 3 is 2.55 bits per heavy atom. The molecule has 0 spiro atoms. The highest BCUT2D eigenvalue weighted by Gasteiger charge is 2.23. The van der Waals surface area contributed by atoms with Gasteiger partial charge in [0.1, 0.15) is 11.6 Å². The molecule has 1 aromatic rings. The lowest BCUT2D eigenvalue weighted by molar-refractivity contribution is -0.131. The van der Waals surface area contributed by atoms with Crippen molar-refractivity contribution in [2.45, 2.75) is 19.4 Å². The van der Waals surface area contributed by atoms with Crippen molar-refractivity contribution in [2.24, 2.45) is 5.73 Å². The Hall–Kier alpha value is -1.69. The molecule has 1 aliphatic heterocycles. The van der Waals surface area contributed by atoms with Gasteiger partial charge in [-0.3, -0.25) is 4.79 Å². The highest BCUT2D eigenvalue weighted by Crippen LogP contribution is 2.22. The molecule has 1 aliphatic rings. The zero-order valence-corrected chi connectivity index (χ0v) is 11.5. The van der Waals surface area contributed by atoms with Gasteiger partial charge in [0.2, 0.25) is 5.91 Å². The summed E-state index contributed by atoms with van der Waals surface area (Å²) < 4.78 is 26.9. The van der Waals surface area contributed by atoms with E-state index in [0.29, 0.717) is 32.6 Å². The summed E-state index contributed by atoms with van der Waals surface area (Å²) in [6.07, 6.45) is 0.314. The van der Waals surface area contributed by atoms with E-state index >= 15 is 0 Å². The number of nitrogens with two attached hydrogens (primary N) is 1. The Morgan fingerprint density at radius 2 is 1.95 bits per heavy atom. The highest BCUT2D eigenvalue weighted by atomic mass is 19.1. The van der Waals surface area contributed by atoms with Crippen molar-refractivity contribution in [3.63, 3.8) is 0 Å². The predicted molar refractivity (Wildman–Crippen MR) is 73.4 cm³/mol. The summed E-state index contributed by atoms with van der Waals surface area (Å²) in [5.41, 5.74) is 5.86. The summed E-state index contributed by atoms with van der Waals surface area (Å²) in [5.74, 6) is -0.891. The summed E-state index contributed by atoms with van der Waals surface area (Å²) in [6.45, 7) is 3.77. The van der Waals surface area contributed by atoms with E-state index in [1.807, 2.05) is 0 Å². The quantitative estimate of drug-likeness (QED) is 0.911. The summed E-state index contributed by atoms with van der Waals surface area (Å²) >= 11 is 0. The molecule has 0 saturated carbocycles. The SMILES string of the molecule is CC(N)CC(=O)N1CCN(c2cc(F)ccc2F)CC1. The number of hydrogen-bond acceptors (Lipinski definition) is 3. The van der Waals surface area contributed by atoms with Crippen LogP contribution in [-0.2, 0) is 4.79 Å². The number of carbonyl (C=O) groups excluding carboxylic acids is 1. The van der Waals surface area contributed by atoms with Crippen LogP contribution in [-0.4, -0.2) is 43.0 Å². The van der Waals surface area contributed by atoms with Crippen molar-refractivity contribution in [2.75, 3.05) is 31.1 Å². The Morgan fingerprint density at radius 1 is 1.30 bits per heavy atom. The maximum absolute atomic E-state index is 13.7. The van der Waals surface area contributed by atoms with Gasteiger partial charge in [-0.1, -0.05) is 0 Å². The van der Waals surface area contributed by atoms with E-state index < -0.39 is 11.6 Å². The Labute approximate surface area is 117 Å². The fraction of sp³-hybridized carbons (Fsp3) is 0.500. The number of halogens is 2. The van der Waals surface area contributed by atoms with Crippen molar-refractivity contribution in [3.8, 4) is 0 Å². The minimum Gasteiger partial charge on any atom is -0.366 e. The third kappa shape index (κ3) is 3.45. The lowest BCUT2D eigenvalue weighted by atomic mass is 10.2. The van der Waals surface area contributed by atoms with Gasteiger partial charge in [-0.15, -0.1) is 0 Å². The first-order chi connectivity index (χ1) is 9.47. The summed E-state index contributed by atoms with van der Waals surface area (Å²) in [4.78, 5) is 15.3. The average Bonchev–Trinajstić information content (AvgIpc) is 2.41. The van der Waals surface area contributed by atoms with Crippen LogP contribution in [0.5, 0.6) is 0 Å². The van der Waals surface area contributed by atoms with Crippen LogP contribution in [0.2, 0.25) is 0 Å². The van der Waals surface area contributed by atoms with Gasteiger partial charge < -0.3 is 15.5 Å². The first-order valence-electron chi connectivity index (χ1n) is 6.70. The number of nitrogens with zero attached hydrogens (tertiary/aromatic N) is 2. The van der Waals surface area contributed by atoms with Gasteiger partial charge in [0.05, 0.1) is 5.69 Å². The van der Waals surface area contributed by atoms with E-state index in [4.69, 9.17) is 5.73 Å². The van der Waals surface area contributed by atoms with Gasteiger partial charge in [-0.25, -0.2) is 8.78 Å². The monoisotopic (exact) mass is 283 g/mol. The molecule has 1 amide bonds. The van der Waals surface area contributed by atoms with Gasteiger partial charge in [0, 0.05) is 44.7 Å². The fourth-order valence-corrected chi connectivity index (χ4v) is 2.33. The molecule has 0 bridgehead atoms. The number of rotatable bonds is 3. The molecule has 2 N–H and O–H groups in total. The molecular formula is C14H19F2N3O. The molecule has 1 saturated heterocycles. The molecule has 4 nitrogen and oxygen atoms in total. The van der Waals surface area contributed by atoms with Crippen molar-refractivity contribution >= 4 is 11.6 Å². The summed E-state index contributed by atoms with van der Waals surface area (Å²) in [5, 5.41) is 0. The first-order valence-corrected chi connectivity index (χ1v) is 6.70. The van der Waals surface area contributed by atoms with Crippen LogP contribution in [0.3, 0.4) is 0 Å². The largest absolute Gasteiger partial charge is 0.366 e. The van der Waals surface area contributed by atoms with Crippen molar-refractivity contribution < 1.29 is 13.6 Å². The number of anilines is 1. The third-order valence-corrected chi connectivity index (χ3v) is 3.38. The topological polar surface area (TPSA) is 49.6 Å². The number of amides is 1. The minimum atomic E-state index is -0.461. The third-order valence-electron chi connectivity index (χ3n) is 3.38. The maximum atomic E-state index is 13.7. The lowest BCUT2D eigenvalue weighted by Crippen LogP contribution is -2.49. The molecule has 110 valence electrons. The molecule has 2 rings (SSSR count). The van der Waals surface area contributed by atoms with E-state index in [1.165, 1.54) is 6.07 Å². The smallest absolute Gasteiger partial charge is 0.224 e. The van der Waals surface area contributed by atoms with Crippen molar-refractivity contribution in [3.05, 3.63) is 29.8 Å². The highest BCUT2D eigenvalue weighted by molar-refractivity contribution is 5.77. The second-order valence-electron chi connectivity index (χ2n) is 5.14. The van der Waals surface area contributed by atoms with Crippen LogP contribution < -0.4 is 10.6 Å². The predicted octanol–water partition coefficient (Wildman–Crippen LogP) is 1.35. The van der Waals surface area contributed by atoms with Crippen molar-refractivity contribution in [1.82, 2.24) is 4.90 Å². The fourth-order valence-electron chi connectivity index (χ4n) is 2.33. The van der Waals surface area contributed by atoms with Crippen LogP contribution in [0, 0.1) is 11.6 Å². The van der Waals surface area contributed by atoms with Crippen LogP contribution in [0.1, 0.15) is 13.3 Å². The molecule has 1 atom stereocenters. The molecule has 6 heteroatoms. The molecule has 1 aromatic carbocycles. The zero-order valence-electron chi connectivity index (χ0n) is 11.5. The van der Waals surface area contributed by atoms with Gasteiger partial charge in [0.15, 0.2) is 0 Å². The lowest BCUT2D eigenvalue weighted by Gasteiger charge is -2.36. The van der Waals surface area contributed by atoms with E-state index in [0.717, 1.165) is 12.1 Å². The molecule has 1 unspecified atom stereocenters. The molecule has 0 radical (unpaired) electrons. The Kier molecular flexibility index (Phi) is 4.54. The number of piperazine rings is 1. The number of benzene rings is 1. The molecule has 0 aliphatic carbocycles. The van der Waals surface area contributed by atoms with Crippen LogP contribution >= 0.6 is 0 Å². The van der Waals surface area contributed by atoms with Gasteiger partial charge >= 0.3 is 0 Å². The normalized spacial score (nSPS) is 17.2. The maximum Gasteiger partial charge on any atom is 0.224 e. The minimum absolute atomic E-state index is 0.0133. The standard InChI is InChI=1S/C14H19F2N3O/c1-10(17)8-14(20)19-6-4-18(5-7-19)13-9-11(15)2-3-12(13)16/h2-3,9-10H,4-8,17H2,1H3. The molecule has 0 aromatic heterocycles. The first kappa shape index (κ1) is 14.7. The Balaban J connectivity index is 1.97. The van der Waals surface area contributed by atoms with E-state index in [2.05, 4.69) is 0 Å². The van der Waals surface area contributed by atoms with Crippen LogP contribution in [0.4, 0.5) is 14.5 Å².